The highest BCUT2D eigenvalue weighted by molar-refractivity contribution is 9.10. The minimum absolute atomic E-state index is 0.143. The van der Waals surface area contributed by atoms with Gasteiger partial charge < -0.3 is 15.2 Å². The fraction of sp³-hybridized carbons (Fsp3) is 0.417. The second kappa shape index (κ2) is 5.40. The zero-order valence-electron chi connectivity index (χ0n) is 10.1. The van der Waals surface area contributed by atoms with E-state index >= 15 is 0 Å². The summed E-state index contributed by atoms with van der Waals surface area (Å²) < 4.78 is 5.93. The molecule has 0 heterocycles. The predicted octanol–water partition coefficient (Wildman–Crippen LogP) is 3.18. The van der Waals surface area contributed by atoms with E-state index in [9.17, 15) is 9.90 Å². The molecule has 0 fully saturated rings. The van der Waals surface area contributed by atoms with Gasteiger partial charge in [0.2, 0.25) is 0 Å². The Labute approximate surface area is 109 Å². The van der Waals surface area contributed by atoms with Crippen LogP contribution in [-0.2, 0) is 11.3 Å². The SMILES string of the molecule is CC(C)(C)OC(=O)NCc1cc(Br)ccc1O. The maximum atomic E-state index is 11.4. The first-order valence-corrected chi connectivity index (χ1v) is 6.01. The molecule has 0 aliphatic heterocycles. The number of hydrogen-bond acceptors (Lipinski definition) is 3. The summed E-state index contributed by atoms with van der Waals surface area (Å²) in [4.78, 5) is 11.4. The minimum atomic E-state index is -0.524. The van der Waals surface area contributed by atoms with Crippen molar-refractivity contribution in [2.75, 3.05) is 0 Å². The van der Waals surface area contributed by atoms with Crippen LogP contribution in [0.2, 0.25) is 0 Å². The average molecular weight is 302 g/mol. The van der Waals surface area contributed by atoms with Gasteiger partial charge in [0.15, 0.2) is 0 Å². The first-order valence-electron chi connectivity index (χ1n) is 5.22. The van der Waals surface area contributed by atoms with E-state index in [1.807, 2.05) is 0 Å². The van der Waals surface area contributed by atoms with Gasteiger partial charge >= 0.3 is 6.09 Å². The van der Waals surface area contributed by atoms with Crippen LogP contribution in [0.1, 0.15) is 26.3 Å². The summed E-state index contributed by atoms with van der Waals surface area (Å²) in [6, 6.07) is 5.04. The van der Waals surface area contributed by atoms with Gasteiger partial charge in [-0.1, -0.05) is 15.9 Å². The van der Waals surface area contributed by atoms with E-state index < -0.39 is 11.7 Å². The summed E-state index contributed by atoms with van der Waals surface area (Å²) in [6.45, 7) is 5.61. The number of amides is 1. The third-order valence-electron chi connectivity index (χ3n) is 1.86. The highest BCUT2D eigenvalue weighted by Crippen LogP contribution is 2.21. The normalized spacial score (nSPS) is 11.1. The van der Waals surface area contributed by atoms with Crippen molar-refractivity contribution in [3.63, 3.8) is 0 Å². The van der Waals surface area contributed by atoms with E-state index in [1.54, 1.807) is 39.0 Å². The fourth-order valence-electron chi connectivity index (χ4n) is 1.18. The van der Waals surface area contributed by atoms with Crippen molar-refractivity contribution in [3.05, 3.63) is 28.2 Å². The lowest BCUT2D eigenvalue weighted by molar-refractivity contribution is 0.0523. The maximum Gasteiger partial charge on any atom is 0.407 e. The Balaban J connectivity index is 2.56. The third-order valence-corrected chi connectivity index (χ3v) is 2.36. The molecule has 1 aromatic rings. The standard InChI is InChI=1S/C12H16BrNO3/c1-12(2,3)17-11(16)14-7-8-6-9(13)4-5-10(8)15/h4-6,15H,7H2,1-3H3,(H,14,16). The number of benzene rings is 1. The fourth-order valence-corrected chi connectivity index (χ4v) is 1.59. The maximum absolute atomic E-state index is 11.4. The highest BCUT2D eigenvalue weighted by atomic mass is 79.9. The van der Waals surface area contributed by atoms with Gasteiger partial charge in [-0.05, 0) is 39.0 Å². The van der Waals surface area contributed by atoms with Crippen molar-refractivity contribution in [2.45, 2.75) is 32.9 Å². The van der Waals surface area contributed by atoms with E-state index in [2.05, 4.69) is 21.2 Å². The van der Waals surface area contributed by atoms with Crippen molar-refractivity contribution < 1.29 is 14.6 Å². The number of nitrogens with one attached hydrogen (secondary N) is 1. The first kappa shape index (κ1) is 13.8. The van der Waals surface area contributed by atoms with Crippen LogP contribution < -0.4 is 5.32 Å². The smallest absolute Gasteiger partial charge is 0.407 e. The van der Waals surface area contributed by atoms with Crippen LogP contribution in [0.15, 0.2) is 22.7 Å². The molecule has 4 nitrogen and oxygen atoms in total. The third kappa shape index (κ3) is 5.08. The van der Waals surface area contributed by atoms with Gasteiger partial charge in [-0.25, -0.2) is 4.79 Å². The van der Waals surface area contributed by atoms with Gasteiger partial charge in [0, 0.05) is 16.6 Å². The van der Waals surface area contributed by atoms with Crippen molar-refractivity contribution in [1.29, 1.82) is 0 Å². The zero-order valence-corrected chi connectivity index (χ0v) is 11.7. The number of carbonyl (C=O) groups excluding carboxylic acids is 1. The van der Waals surface area contributed by atoms with Crippen LogP contribution in [0.3, 0.4) is 0 Å². The van der Waals surface area contributed by atoms with Gasteiger partial charge in [0.25, 0.3) is 0 Å². The number of alkyl carbamates (subject to hydrolysis) is 1. The zero-order chi connectivity index (χ0) is 13.1. The summed E-state index contributed by atoms with van der Waals surface area (Å²) in [7, 11) is 0. The Morgan fingerprint density at radius 1 is 1.47 bits per heavy atom. The van der Waals surface area contributed by atoms with Gasteiger partial charge in [-0.2, -0.15) is 0 Å². The minimum Gasteiger partial charge on any atom is -0.508 e. The lowest BCUT2D eigenvalue weighted by Crippen LogP contribution is -2.32. The molecule has 5 heteroatoms. The molecular weight excluding hydrogens is 286 g/mol. The quantitative estimate of drug-likeness (QED) is 0.882. The topological polar surface area (TPSA) is 58.6 Å². The summed E-state index contributed by atoms with van der Waals surface area (Å²) in [5, 5.41) is 12.1. The lowest BCUT2D eigenvalue weighted by Gasteiger charge is -2.19. The number of hydrogen-bond donors (Lipinski definition) is 2. The molecule has 0 saturated carbocycles. The molecule has 2 N–H and O–H groups in total. The number of phenolic OH excluding ortho intramolecular Hbond substituents is 1. The molecule has 0 aliphatic carbocycles. The Morgan fingerprint density at radius 2 is 2.12 bits per heavy atom. The van der Waals surface area contributed by atoms with Gasteiger partial charge in [-0.3, -0.25) is 0 Å². The van der Waals surface area contributed by atoms with Crippen LogP contribution in [0.4, 0.5) is 4.79 Å². The van der Waals surface area contributed by atoms with E-state index in [-0.39, 0.29) is 12.3 Å². The van der Waals surface area contributed by atoms with E-state index in [0.29, 0.717) is 5.56 Å². The van der Waals surface area contributed by atoms with Crippen LogP contribution in [0.25, 0.3) is 0 Å². The molecule has 1 rings (SSSR count). The molecule has 0 radical (unpaired) electrons. The molecule has 0 saturated heterocycles. The summed E-state index contributed by atoms with van der Waals surface area (Å²) in [5.41, 5.74) is 0.105. The number of ether oxygens (including phenoxy) is 1. The van der Waals surface area contributed by atoms with Gasteiger partial charge in [0.1, 0.15) is 11.4 Å². The van der Waals surface area contributed by atoms with Crippen molar-refractivity contribution in [1.82, 2.24) is 5.32 Å². The number of carbonyl (C=O) groups is 1. The van der Waals surface area contributed by atoms with Gasteiger partial charge in [0.05, 0.1) is 0 Å². The molecule has 1 aromatic carbocycles. The number of aromatic hydroxyl groups is 1. The molecule has 94 valence electrons. The molecule has 0 aliphatic rings. The van der Waals surface area contributed by atoms with Crippen molar-refractivity contribution in [2.24, 2.45) is 0 Å². The highest BCUT2D eigenvalue weighted by Gasteiger charge is 2.16. The van der Waals surface area contributed by atoms with Crippen LogP contribution in [0.5, 0.6) is 5.75 Å². The molecular formula is C12H16BrNO3. The molecule has 0 spiro atoms. The molecule has 0 aromatic heterocycles. The van der Waals surface area contributed by atoms with Crippen molar-refractivity contribution >= 4 is 22.0 Å². The largest absolute Gasteiger partial charge is 0.508 e. The van der Waals surface area contributed by atoms with Gasteiger partial charge in [-0.15, -0.1) is 0 Å². The summed E-state index contributed by atoms with van der Waals surface area (Å²) >= 11 is 3.30. The Hall–Kier alpha value is -1.23. The molecule has 0 unspecified atom stereocenters. The summed E-state index contributed by atoms with van der Waals surface area (Å²) in [6.07, 6.45) is -0.503. The lowest BCUT2D eigenvalue weighted by atomic mass is 10.2. The van der Waals surface area contributed by atoms with Crippen LogP contribution >= 0.6 is 15.9 Å². The Kier molecular flexibility index (Phi) is 4.40. The average Bonchev–Trinajstić information content (AvgIpc) is 2.17. The Morgan fingerprint density at radius 3 is 2.71 bits per heavy atom. The molecule has 0 bridgehead atoms. The molecule has 17 heavy (non-hydrogen) atoms. The predicted molar refractivity (Wildman–Crippen MR) is 68.9 cm³/mol. The van der Waals surface area contributed by atoms with Crippen LogP contribution in [0, 0.1) is 0 Å². The number of rotatable bonds is 2. The summed E-state index contributed by atoms with van der Waals surface area (Å²) in [5.74, 6) is 0.143. The number of halogens is 1. The molecule has 1 amide bonds. The van der Waals surface area contributed by atoms with E-state index in [4.69, 9.17) is 4.74 Å². The first-order chi connectivity index (χ1) is 7.78. The Bertz CT molecular complexity index is 413. The van der Waals surface area contributed by atoms with E-state index in [1.165, 1.54) is 0 Å². The second-order valence-electron chi connectivity index (χ2n) is 4.63. The molecule has 0 atom stereocenters. The monoisotopic (exact) mass is 301 g/mol. The number of phenols is 1. The second-order valence-corrected chi connectivity index (χ2v) is 5.54. The van der Waals surface area contributed by atoms with E-state index in [0.717, 1.165) is 4.47 Å². The van der Waals surface area contributed by atoms with Crippen molar-refractivity contribution in [3.8, 4) is 5.75 Å². The van der Waals surface area contributed by atoms with Crippen LogP contribution in [-0.4, -0.2) is 16.8 Å².